The Hall–Kier alpha value is -0.920. The zero-order chi connectivity index (χ0) is 15.3. The lowest BCUT2D eigenvalue weighted by Gasteiger charge is -2.35. The van der Waals surface area contributed by atoms with Gasteiger partial charge in [-0.15, -0.1) is 0 Å². The van der Waals surface area contributed by atoms with Gasteiger partial charge in [0.05, 0.1) is 20.6 Å². The van der Waals surface area contributed by atoms with E-state index >= 15 is 0 Å². The van der Waals surface area contributed by atoms with E-state index in [1.807, 2.05) is 0 Å². The van der Waals surface area contributed by atoms with E-state index in [1.165, 1.54) is 0 Å². The molecule has 0 bridgehead atoms. The van der Waals surface area contributed by atoms with Crippen molar-refractivity contribution in [2.45, 2.75) is 32.1 Å². The average molecular weight is 293 g/mol. The minimum atomic E-state index is -4.07. The van der Waals surface area contributed by atoms with Crippen molar-refractivity contribution >= 4 is 16.0 Å². The molecular formula is C12H25N2O4S+. The summed E-state index contributed by atoms with van der Waals surface area (Å²) < 4.78 is 32.0. The fourth-order valence-electron chi connectivity index (χ4n) is 2.05. The van der Waals surface area contributed by atoms with Crippen molar-refractivity contribution in [1.29, 1.82) is 0 Å². The van der Waals surface area contributed by atoms with Gasteiger partial charge in [-0.05, 0) is 6.92 Å². The smallest absolute Gasteiger partial charge is 0.319 e. The highest BCUT2D eigenvalue weighted by Crippen LogP contribution is 2.16. The number of rotatable bonds is 8. The van der Waals surface area contributed by atoms with Crippen molar-refractivity contribution in [3.63, 3.8) is 0 Å². The zero-order valence-corrected chi connectivity index (χ0v) is 13.0. The van der Waals surface area contributed by atoms with E-state index in [0.717, 1.165) is 0 Å². The van der Waals surface area contributed by atoms with E-state index in [1.54, 1.807) is 27.9 Å². The Morgan fingerprint density at radius 1 is 1.42 bits per heavy atom. The Balaban J connectivity index is 4.38. The number of amides is 1. The fraction of sp³-hybridized carbons (Fsp3) is 0.750. The Morgan fingerprint density at radius 3 is 2.32 bits per heavy atom. The summed E-state index contributed by atoms with van der Waals surface area (Å²) in [6.45, 7) is 7.87. The van der Waals surface area contributed by atoms with Crippen LogP contribution < -0.4 is 5.32 Å². The monoisotopic (exact) mass is 293 g/mol. The predicted octanol–water partition coefficient (Wildman–Crippen LogP) is 0.769. The summed E-state index contributed by atoms with van der Waals surface area (Å²) in [7, 11) is -0.564. The van der Waals surface area contributed by atoms with Crippen molar-refractivity contribution in [3.05, 3.63) is 12.2 Å². The second kappa shape index (κ2) is 7.02. The highest BCUT2D eigenvalue weighted by molar-refractivity contribution is 7.86. The lowest BCUT2D eigenvalue weighted by atomic mass is 10.3. The van der Waals surface area contributed by atoms with Crippen LogP contribution in [0.3, 0.4) is 0 Å². The van der Waals surface area contributed by atoms with Gasteiger partial charge in [-0.3, -0.25) is 9.35 Å². The van der Waals surface area contributed by atoms with Crippen LogP contribution >= 0.6 is 0 Å². The van der Waals surface area contributed by atoms with Gasteiger partial charge in [-0.2, -0.15) is 8.42 Å². The molecule has 2 N–H and O–H groups in total. The molecule has 1 atom stereocenters. The second-order valence-electron chi connectivity index (χ2n) is 5.27. The molecule has 7 heteroatoms. The zero-order valence-electron chi connectivity index (χ0n) is 12.1. The van der Waals surface area contributed by atoms with Gasteiger partial charge >= 0.3 is 10.1 Å². The molecule has 0 saturated carbocycles. The molecule has 0 heterocycles. The molecular weight excluding hydrogens is 268 g/mol. The quantitative estimate of drug-likeness (QED) is 0.300. The van der Waals surface area contributed by atoms with Crippen LogP contribution in [0.1, 0.15) is 26.7 Å². The lowest BCUT2D eigenvalue weighted by molar-refractivity contribution is -0.901. The van der Waals surface area contributed by atoms with Gasteiger partial charge in [0, 0.05) is 25.0 Å². The third kappa shape index (κ3) is 6.17. The highest BCUT2D eigenvalue weighted by atomic mass is 32.2. The number of carbonyl (C=O) groups is 1. The molecule has 112 valence electrons. The number of carbonyl (C=O) groups excluding carboxylic acids is 1. The minimum Gasteiger partial charge on any atom is -0.352 e. The van der Waals surface area contributed by atoms with Gasteiger partial charge in [0.25, 0.3) is 0 Å². The molecule has 0 fully saturated rings. The normalized spacial score (nSPS) is 13.9. The molecule has 0 rings (SSSR count). The van der Waals surface area contributed by atoms with Crippen LogP contribution in [-0.2, 0) is 14.9 Å². The number of nitrogens with one attached hydrogen (secondary N) is 1. The standard InChI is InChI=1S/C12H24N2O4S/c1-6-11(19(16,17)18)14(4,5)9-7-8-13-12(15)10(2)3/h11H,2,6-9H2,1,3-5H3,(H-,13,15,16,17,18)/p+1. The van der Waals surface area contributed by atoms with Crippen molar-refractivity contribution in [2.75, 3.05) is 27.2 Å². The molecule has 0 aromatic carbocycles. The summed E-state index contributed by atoms with van der Waals surface area (Å²) in [5, 5.41) is 1.85. The molecule has 0 aliphatic heterocycles. The number of hydrogen-bond acceptors (Lipinski definition) is 3. The predicted molar refractivity (Wildman–Crippen MR) is 75.0 cm³/mol. The van der Waals surface area contributed by atoms with Crippen LogP contribution in [0.15, 0.2) is 12.2 Å². The first-order valence-electron chi connectivity index (χ1n) is 6.25. The molecule has 0 aliphatic carbocycles. The van der Waals surface area contributed by atoms with Gasteiger partial charge < -0.3 is 9.80 Å². The van der Waals surface area contributed by atoms with Crippen LogP contribution in [-0.4, -0.2) is 55.9 Å². The van der Waals surface area contributed by atoms with E-state index in [-0.39, 0.29) is 10.4 Å². The van der Waals surface area contributed by atoms with Gasteiger partial charge in [0.15, 0.2) is 0 Å². The summed E-state index contributed by atoms with van der Waals surface area (Å²) in [6, 6.07) is 0. The topological polar surface area (TPSA) is 83.5 Å². The Morgan fingerprint density at radius 2 is 1.95 bits per heavy atom. The summed E-state index contributed by atoms with van der Waals surface area (Å²) in [6.07, 6.45) is 0.960. The molecule has 0 spiro atoms. The second-order valence-corrected chi connectivity index (χ2v) is 6.84. The fourth-order valence-corrected chi connectivity index (χ4v) is 3.30. The van der Waals surface area contributed by atoms with Crippen molar-refractivity contribution in [3.8, 4) is 0 Å². The first-order chi connectivity index (χ1) is 8.52. The van der Waals surface area contributed by atoms with Gasteiger partial charge in [0.1, 0.15) is 0 Å². The third-order valence-electron chi connectivity index (χ3n) is 3.06. The van der Waals surface area contributed by atoms with E-state index in [2.05, 4.69) is 11.9 Å². The highest BCUT2D eigenvalue weighted by Gasteiger charge is 2.36. The molecule has 19 heavy (non-hydrogen) atoms. The molecule has 0 saturated heterocycles. The van der Waals surface area contributed by atoms with Crippen molar-refractivity contribution < 1.29 is 22.2 Å². The summed E-state index contributed by atoms with van der Waals surface area (Å²) in [4.78, 5) is 11.3. The Bertz CT molecular complexity index is 429. The SMILES string of the molecule is C=C(C)C(=O)NCCC[N+](C)(C)C(CC)S(=O)(=O)O. The van der Waals surface area contributed by atoms with E-state index < -0.39 is 15.5 Å². The average Bonchev–Trinajstić information content (AvgIpc) is 2.22. The summed E-state index contributed by atoms with van der Waals surface area (Å²) >= 11 is 0. The maximum atomic E-state index is 11.3. The third-order valence-corrected chi connectivity index (χ3v) is 4.65. The summed E-state index contributed by atoms with van der Waals surface area (Å²) in [5.74, 6) is -0.202. The molecule has 0 radical (unpaired) electrons. The minimum absolute atomic E-state index is 0.165. The molecule has 0 aliphatic rings. The number of hydrogen-bond donors (Lipinski definition) is 2. The first kappa shape index (κ1) is 18.1. The molecule has 6 nitrogen and oxygen atoms in total. The van der Waals surface area contributed by atoms with Crippen molar-refractivity contribution in [2.24, 2.45) is 0 Å². The first-order valence-corrected chi connectivity index (χ1v) is 7.75. The van der Waals surface area contributed by atoms with Crippen LogP contribution in [0.2, 0.25) is 0 Å². The van der Waals surface area contributed by atoms with E-state index in [9.17, 15) is 17.8 Å². The van der Waals surface area contributed by atoms with Gasteiger partial charge in [0.2, 0.25) is 11.3 Å². The maximum Gasteiger partial charge on any atom is 0.319 e. The van der Waals surface area contributed by atoms with E-state index in [0.29, 0.717) is 31.5 Å². The van der Waals surface area contributed by atoms with Crippen LogP contribution in [0.25, 0.3) is 0 Å². The maximum absolute atomic E-state index is 11.3. The van der Waals surface area contributed by atoms with Gasteiger partial charge in [-0.1, -0.05) is 13.5 Å². The van der Waals surface area contributed by atoms with Crippen molar-refractivity contribution in [1.82, 2.24) is 5.32 Å². The molecule has 1 unspecified atom stereocenters. The Kier molecular flexibility index (Phi) is 6.68. The van der Waals surface area contributed by atoms with Crippen LogP contribution in [0, 0.1) is 0 Å². The molecule has 0 aromatic heterocycles. The number of nitrogens with zero attached hydrogens (tertiary/aromatic N) is 1. The van der Waals surface area contributed by atoms with Crippen LogP contribution in [0.4, 0.5) is 0 Å². The lowest BCUT2D eigenvalue weighted by Crippen LogP contribution is -2.53. The largest absolute Gasteiger partial charge is 0.352 e. The Labute approximate surface area is 115 Å². The van der Waals surface area contributed by atoms with Crippen LogP contribution in [0.5, 0.6) is 0 Å². The summed E-state index contributed by atoms with van der Waals surface area (Å²) in [5.41, 5.74) is 0.443. The molecule has 0 aromatic rings. The van der Waals surface area contributed by atoms with Gasteiger partial charge in [-0.25, -0.2) is 0 Å². The number of quaternary nitrogens is 1. The molecule has 1 amide bonds. The van der Waals surface area contributed by atoms with E-state index in [4.69, 9.17) is 0 Å².